The van der Waals surface area contributed by atoms with Crippen molar-refractivity contribution in [2.45, 2.75) is 6.92 Å². The summed E-state index contributed by atoms with van der Waals surface area (Å²) in [6, 6.07) is 15.4. The van der Waals surface area contributed by atoms with Gasteiger partial charge < -0.3 is 9.84 Å². The smallest absolute Gasteiger partial charge is 0.167 e. The van der Waals surface area contributed by atoms with Gasteiger partial charge in [0.15, 0.2) is 11.6 Å². The molecule has 0 saturated carbocycles. The highest BCUT2D eigenvalue weighted by molar-refractivity contribution is 9.10. The summed E-state index contributed by atoms with van der Waals surface area (Å²) in [4.78, 5) is 9.22. The molecule has 0 aliphatic carbocycles. The molecule has 2 heterocycles. The molecule has 0 atom stereocenters. The molecule has 0 spiro atoms. The standard InChI is InChI=1S/C21H17BrN4O2S/c1-2-28-16-6-4-3-5-15(16)19-18(27)17-20(29-19)21(24-12-23-17)26-25-11-13-7-9-14(22)10-8-13/h3-12,27H,2H2,1H3,(H,23,24,26). The molecule has 2 aromatic carbocycles. The average molecular weight is 469 g/mol. The minimum absolute atomic E-state index is 0.111. The number of anilines is 1. The third-order valence-electron chi connectivity index (χ3n) is 4.13. The van der Waals surface area contributed by atoms with E-state index in [9.17, 15) is 5.11 Å². The second-order valence-corrected chi connectivity index (χ2v) is 7.97. The molecule has 0 bridgehead atoms. The second kappa shape index (κ2) is 8.59. The lowest BCUT2D eigenvalue weighted by Gasteiger charge is -2.08. The summed E-state index contributed by atoms with van der Waals surface area (Å²) in [5.41, 5.74) is 5.21. The molecule has 0 amide bonds. The van der Waals surface area contributed by atoms with E-state index in [-0.39, 0.29) is 5.75 Å². The predicted molar refractivity (Wildman–Crippen MR) is 121 cm³/mol. The lowest BCUT2D eigenvalue weighted by atomic mass is 10.1. The van der Waals surface area contributed by atoms with Crippen LogP contribution < -0.4 is 10.2 Å². The van der Waals surface area contributed by atoms with Crippen LogP contribution >= 0.6 is 27.3 Å². The zero-order valence-corrected chi connectivity index (χ0v) is 17.9. The number of ether oxygens (including phenoxy) is 1. The molecule has 2 aromatic heterocycles. The Kier molecular flexibility index (Phi) is 5.73. The molecule has 4 aromatic rings. The Bertz CT molecular complexity index is 1180. The number of aromatic nitrogens is 2. The molecule has 29 heavy (non-hydrogen) atoms. The van der Waals surface area contributed by atoms with Crippen LogP contribution in [0.25, 0.3) is 20.7 Å². The van der Waals surface area contributed by atoms with Gasteiger partial charge in [0.25, 0.3) is 0 Å². The van der Waals surface area contributed by atoms with E-state index in [0.29, 0.717) is 28.6 Å². The third kappa shape index (κ3) is 4.08. The maximum atomic E-state index is 10.8. The monoisotopic (exact) mass is 468 g/mol. The molecule has 0 unspecified atom stereocenters. The van der Waals surface area contributed by atoms with E-state index in [0.717, 1.165) is 20.3 Å². The minimum Gasteiger partial charge on any atom is -0.504 e. The van der Waals surface area contributed by atoms with Gasteiger partial charge in [0, 0.05) is 10.0 Å². The van der Waals surface area contributed by atoms with Crippen molar-refractivity contribution < 1.29 is 9.84 Å². The Hall–Kier alpha value is -2.97. The number of halogens is 1. The molecule has 0 aliphatic rings. The van der Waals surface area contributed by atoms with E-state index in [1.54, 1.807) is 6.21 Å². The predicted octanol–water partition coefficient (Wildman–Crippen LogP) is 5.67. The van der Waals surface area contributed by atoms with Gasteiger partial charge in [-0.15, -0.1) is 11.3 Å². The van der Waals surface area contributed by atoms with Crippen LogP contribution in [0, 0.1) is 0 Å². The highest BCUT2D eigenvalue weighted by Crippen LogP contribution is 2.47. The highest BCUT2D eigenvalue weighted by Gasteiger charge is 2.19. The topological polar surface area (TPSA) is 79.6 Å². The summed E-state index contributed by atoms with van der Waals surface area (Å²) in [7, 11) is 0. The van der Waals surface area contributed by atoms with E-state index < -0.39 is 0 Å². The van der Waals surface area contributed by atoms with Crippen LogP contribution in [0.5, 0.6) is 11.5 Å². The number of para-hydroxylation sites is 1. The Morgan fingerprint density at radius 3 is 2.76 bits per heavy atom. The van der Waals surface area contributed by atoms with Gasteiger partial charge in [0.1, 0.15) is 22.3 Å². The summed E-state index contributed by atoms with van der Waals surface area (Å²) in [6.45, 7) is 2.47. The van der Waals surface area contributed by atoms with Crippen LogP contribution in [0.4, 0.5) is 5.82 Å². The summed E-state index contributed by atoms with van der Waals surface area (Å²) in [5.74, 6) is 1.36. The van der Waals surface area contributed by atoms with Gasteiger partial charge in [-0.1, -0.05) is 40.2 Å². The van der Waals surface area contributed by atoms with Gasteiger partial charge >= 0.3 is 0 Å². The molecule has 0 aliphatic heterocycles. The summed E-state index contributed by atoms with van der Waals surface area (Å²) < 4.78 is 7.44. The van der Waals surface area contributed by atoms with Gasteiger partial charge in [0.05, 0.1) is 17.7 Å². The molecule has 8 heteroatoms. The molecule has 4 rings (SSSR count). The summed E-state index contributed by atoms with van der Waals surface area (Å²) in [5, 5.41) is 15.1. The van der Waals surface area contributed by atoms with E-state index >= 15 is 0 Å². The second-order valence-electron chi connectivity index (χ2n) is 6.03. The fourth-order valence-electron chi connectivity index (χ4n) is 2.81. The van der Waals surface area contributed by atoms with Crippen molar-refractivity contribution in [1.29, 1.82) is 0 Å². The number of nitrogens with one attached hydrogen (secondary N) is 1. The van der Waals surface area contributed by atoms with Crippen molar-refractivity contribution in [2.24, 2.45) is 5.10 Å². The number of hydrazone groups is 1. The normalized spacial score (nSPS) is 11.2. The number of benzene rings is 2. The fourth-order valence-corrected chi connectivity index (χ4v) is 4.19. The number of thiophene rings is 1. The number of fused-ring (bicyclic) bond motifs is 1. The zero-order valence-electron chi connectivity index (χ0n) is 15.5. The van der Waals surface area contributed by atoms with Gasteiger partial charge in [-0.25, -0.2) is 9.97 Å². The van der Waals surface area contributed by atoms with Crippen molar-refractivity contribution in [3.63, 3.8) is 0 Å². The zero-order chi connectivity index (χ0) is 20.2. The van der Waals surface area contributed by atoms with Crippen molar-refractivity contribution in [3.05, 3.63) is 64.9 Å². The van der Waals surface area contributed by atoms with Gasteiger partial charge in [0.2, 0.25) is 0 Å². The van der Waals surface area contributed by atoms with Crippen molar-refractivity contribution in [3.8, 4) is 21.9 Å². The van der Waals surface area contributed by atoms with Crippen LogP contribution in [0.1, 0.15) is 12.5 Å². The van der Waals surface area contributed by atoms with E-state index in [1.165, 1.54) is 17.7 Å². The lowest BCUT2D eigenvalue weighted by molar-refractivity contribution is 0.341. The van der Waals surface area contributed by atoms with Gasteiger partial charge in [-0.2, -0.15) is 5.10 Å². The van der Waals surface area contributed by atoms with Crippen molar-refractivity contribution >= 4 is 49.5 Å². The lowest BCUT2D eigenvalue weighted by Crippen LogP contribution is -1.94. The Labute approximate surface area is 180 Å². The van der Waals surface area contributed by atoms with Crippen LogP contribution in [-0.4, -0.2) is 27.9 Å². The molecule has 0 fully saturated rings. The quantitative estimate of drug-likeness (QED) is 0.281. The van der Waals surface area contributed by atoms with Crippen LogP contribution in [-0.2, 0) is 0 Å². The largest absolute Gasteiger partial charge is 0.504 e. The first-order valence-electron chi connectivity index (χ1n) is 8.90. The first-order valence-corrected chi connectivity index (χ1v) is 10.5. The minimum atomic E-state index is 0.111. The number of hydrogen-bond donors (Lipinski definition) is 2. The maximum absolute atomic E-state index is 10.8. The average Bonchev–Trinajstić information content (AvgIpc) is 3.08. The highest BCUT2D eigenvalue weighted by atomic mass is 79.9. The van der Waals surface area contributed by atoms with Gasteiger partial charge in [-0.3, -0.25) is 5.43 Å². The number of rotatable bonds is 6. The van der Waals surface area contributed by atoms with Crippen LogP contribution in [0.15, 0.2) is 64.4 Å². The summed E-state index contributed by atoms with van der Waals surface area (Å²) in [6.07, 6.45) is 3.11. The molecular weight excluding hydrogens is 452 g/mol. The Balaban J connectivity index is 1.69. The molecule has 0 radical (unpaired) electrons. The van der Waals surface area contributed by atoms with E-state index in [2.05, 4.69) is 36.4 Å². The molecular formula is C21H17BrN4O2S. The number of nitrogens with zero attached hydrogens (tertiary/aromatic N) is 3. The summed E-state index contributed by atoms with van der Waals surface area (Å²) >= 11 is 4.81. The van der Waals surface area contributed by atoms with Crippen LogP contribution in [0.3, 0.4) is 0 Å². The first-order chi connectivity index (χ1) is 14.2. The molecule has 2 N–H and O–H groups in total. The Morgan fingerprint density at radius 1 is 1.17 bits per heavy atom. The van der Waals surface area contributed by atoms with E-state index in [4.69, 9.17) is 4.74 Å². The maximum Gasteiger partial charge on any atom is 0.167 e. The van der Waals surface area contributed by atoms with E-state index in [1.807, 2.05) is 55.5 Å². The number of aromatic hydroxyl groups is 1. The fraction of sp³-hybridized carbons (Fsp3) is 0.0952. The third-order valence-corrected chi connectivity index (χ3v) is 5.87. The van der Waals surface area contributed by atoms with Gasteiger partial charge in [-0.05, 0) is 36.8 Å². The van der Waals surface area contributed by atoms with Crippen molar-refractivity contribution in [1.82, 2.24) is 9.97 Å². The van der Waals surface area contributed by atoms with Crippen LogP contribution in [0.2, 0.25) is 0 Å². The molecule has 146 valence electrons. The SMILES string of the molecule is CCOc1ccccc1-c1sc2c(NN=Cc3ccc(Br)cc3)ncnc2c1O. The molecule has 0 saturated heterocycles. The first kappa shape index (κ1) is 19.4. The molecule has 6 nitrogen and oxygen atoms in total. The van der Waals surface area contributed by atoms with Crippen molar-refractivity contribution in [2.75, 3.05) is 12.0 Å². The Morgan fingerprint density at radius 2 is 1.97 bits per heavy atom. The number of hydrogen-bond acceptors (Lipinski definition) is 7.